The SMILES string of the molecule is Cn1c(-c2ccc(C(C)(C)C#N)cc2)c(-c2cc(-c3ccc(=O)[nH]c3)ccn2)[nH]c1=O. The summed E-state index contributed by atoms with van der Waals surface area (Å²) in [5.41, 5.74) is 4.34. The van der Waals surface area contributed by atoms with E-state index < -0.39 is 5.41 Å². The third kappa shape index (κ3) is 3.71. The van der Waals surface area contributed by atoms with Crippen LogP contribution < -0.4 is 11.2 Å². The maximum atomic E-state index is 12.5. The van der Waals surface area contributed by atoms with Crippen molar-refractivity contribution in [2.75, 3.05) is 0 Å². The smallest absolute Gasteiger partial charge is 0.326 e. The highest BCUT2D eigenvalue weighted by atomic mass is 16.1. The Balaban J connectivity index is 1.82. The van der Waals surface area contributed by atoms with E-state index in [-0.39, 0.29) is 11.2 Å². The molecule has 0 amide bonds. The van der Waals surface area contributed by atoms with Crippen LogP contribution in [0.2, 0.25) is 0 Å². The van der Waals surface area contributed by atoms with Crippen molar-refractivity contribution in [3.05, 3.63) is 87.3 Å². The molecule has 0 unspecified atom stereocenters. The molecule has 2 N–H and O–H groups in total. The highest BCUT2D eigenvalue weighted by molar-refractivity contribution is 5.79. The number of nitrogens with zero attached hydrogens (tertiary/aromatic N) is 3. The summed E-state index contributed by atoms with van der Waals surface area (Å²) in [6, 6.07) is 16.9. The van der Waals surface area contributed by atoms with E-state index in [1.165, 1.54) is 6.07 Å². The molecule has 0 aliphatic carbocycles. The maximum absolute atomic E-state index is 12.5. The molecule has 154 valence electrons. The van der Waals surface area contributed by atoms with Crippen LogP contribution in [0.25, 0.3) is 33.8 Å². The predicted octanol–water partition coefficient (Wildman–Crippen LogP) is 3.60. The van der Waals surface area contributed by atoms with Crippen molar-refractivity contribution in [1.82, 2.24) is 19.5 Å². The quantitative estimate of drug-likeness (QED) is 0.535. The molecular formula is C24H21N5O2. The van der Waals surface area contributed by atoms with Gasteiger partial charge in [0.25, 0.3) is 0 Å². The third-order valence-corrected chi connectivity index (χ3v) is 5.40. The molecule has 4 rings (SSSR count). The minimum atomic E-state index is -0.599. The van der Waals surface area contributed by atoms with E-state index in [9.17, 15) is 14.9 Å². The lowest BCUT2D eigenvalue weighted by molar-refractivity contribution is 0.687. The van der Waals surface area contributed by atoms with Crippen LogP contribution in [0.5, 0.6) is 0 Å². The number of nitriles is 1. The van der Waals surface area contributed by atoms with Crippen molar-refractivity contribution in [2.24, 2.45) is 7.05 Å². The molecule has 3 aromatic heterocycles. The molecule has 0 saturated heterocycles. The van der Waals surface area contributed by atoms with Gasteiger partial charge in [-0.1, -0.05) is 24.3 Å². The lowest BCUT2D eigenvalue weighted by Crippen LogP contribution is -2.14. The molecule has 31 heavy (non-hydrogen) atoms. The van der Waals surface area contributed by atoms with Crippen LogP contribution in [0.15, 0.2) is 70.5 Å². The third-order valence-electron chi connectivity index (χ3n) is 5.40. The highest BCUT2D eigenvalue weighted by Crippen LogP contribution is 2.32. The van der Waals surface area contributed by atoms with E-state index in [2.05, 4.69) is 21.0 Å². The van der Waals surface area contributed by atoms with Gasteiger partial charge < -0.3 is 9.97 Å². The van der Waals surface area contributed by atoms with Crippen LogP contribution in [0, 0.1) is 11.3 Å². The summed E-state index contributed by atoms with van der Waals surface area (Å²) in [6.45, 7) is 3.73. The molecule has 0 radical (unpaired) electrons. The summed E-state index contributed by atoms with van der Waals surface area (Å²) in [4.78, 5) is 33.9. The van der Waals surface area contributed by atoms with Crippen molar-refractivity contribution < 1.29 is 0 Å². The van der Waals surface area contributed by atoms with E-state index in [1.807, 2.05) is 50.2 Å². The first-order valence-electron chi connectivity index (χ1n) is 9.77. The van der Waals surface area contributed by atoms with Crippen LogP contribution in [0.4, 0.5) is 0 Å². The van der Waals surface area contributed by atoms with Crippen LogP contribution >= 0.6 is 0 Å². The molecular weight excluding hydrogens is 390 g/mol. The first kappa shape index (κ1) is 20.1. The number of nitrogens with one attached hydrogen (secondary N) is 2. The number of rotatable bonds is 4. The molecule has 4 aromatic rings. The maximum Gasteiger partial charge on any atom is 0.326 e. The van der Waals surface area contributed by atoms with E-state index in [4.69, 9.17) is 0 Å². The first-order chi connectivity index (χ1) is 14.8. The normalized spacial score (nSPS) is 11.3. The van der Waals surface area contributed by atoms with E-state index in [0.29, 0.717) is 17.1 Å². The largest absolute Gasteiger partial charge is 0.328 e. The Bertz CT molecular complexity index is 1400. The Labute approximate surface area is 178 Å². The van der Waals surface area contributed by atoms with Gasteiger partial charge in [0.05, 0.1) is 28.6 Å². The Morgan fingerprint density at radius 3 is 2.35 bits per heavy atom. The van der Waals surface area contributed by atoms with Gasteiger partial charge in [0.15, 0.2) is 0 Å². The van der Waals surface area contributed by atoms with E-state index in [1.54, 1.807) is 30.1 Å². The van der Waals surface area contributed by atoms with Gasteiger partial charge in [0.1, 0.15) is 0 Å². The summed E-state index contributed by atoms with van der Waals surface area (Å²) in [5, 5.41) is 9.38. The fraction of sp³-hybridized carbons (Fsp3) is 0.167. The van der Waals surface area contributed by atoms with Gasteiger partial charge in [0.2, 0.25) is 5.56 Å². The van der Waals surface area contributed by atoms with Gasteiger partial charge in [-0.3, -0.25) is 14.3 Å². The monoisotopic (exact) mass is 411 g/mol. The molecule has 3 heterocycles. The van der Waals surface area contributed by atoms with Gasteiger partial charge in [-0.05, 0) is 48.7 Å². The molecule has 7 heteroatoms. The molecule has 0 bridgehead atoms. The molecule has 0 atom stereocenters. The molecule has 7 nitrogen and oxygen atoms in total. The number of hydrogen-bond donors (Lipinski definition) is 2. The number of pyridine rings is 2. The minimum Gasteiger partial charge on any atom is -0.328 e. The fourth-order valence-electron chi connectivity index (χ4n) is 3.49. The van der Waals surface area contributed by atoms with Gasteiger partial charge in [-0.15, -0.1) is 0 Å². The summed E-state index contributed by atoms with van der Waals surface area (Å²) in [7, 11) is 1.70. The van der Waals surface area contributed by atoms with Crippen molar-refractivity contribution >= 4 is 0 Å². The lowest BCUT2D eigenvalue weighted by Gasteiger charge is -2.16. The van der Waals surface area contributed by atoms with Crippen LogP contribution in [0.1, 0.15) is 19.4 Å². The van der Waals surface area contributed by atoms with Gasteiger partial charge in [-0.2, -0.15) is 5.26 Å². The Kier molecular flexibility index (Phi) is 4.91. The van der Waals surface area contributed by atoms with Crippen LogP contribution in [0.3, 0.4) is 0 Å². The number of aromatic amines is 2. The summed E-state index contributed by atoms with van der Waals surface area (Å²) >= 11 is 0. The average molecular weight is 411 g/mol. The Morgan fingerprint density at radius 2 is 1.71 bits per heavy atom. The van der Waals surface area contributed by atoms with Crippen molar-refractivity contribution in [3.8, 4) is 39.8 Å². The standard InChI is InChI=1S/C24H21N5O2/c1-24(2,14-25)18-7-4-15(5-8-18)22-21(28-23(31)29(22)3)19-12-16(10-11-26-19)17-6-9-20(30)27-13-17/h4-13H,1-3H3,(H,27,30)(H,28,31). The fourth-order valence-corrected chi connectivity index (χ4v) is 3.49. The number of benzene rings is 1. The number of hydrogen-bond acceptors (Lipinski definition) is 4. The Hall–Kier alpha value is -4.18. The second-order valence-corrected chi connectivity index (χ2v) is 7.90. The van der Waals surface area contributed by atoms with Gasteiger partial charge in [-0.25, -0.2) is 4.79 Å². The zero-order valence-corrected chi connectivity index (χ0v) is 17.4. The first-order valence-corrected chi connectivity index (χ1v) is 9.77. The zero-order valence-electron chi connectivity index (χ0n) is 17.4. The molecule has 1 aromatic carbocycles. The van der Waals surface area contributed by atoms with Crippen molar-refractivity contribution in [1.29, 1.82) is 5.26 Å². The molecule has 0 spiro atoms. The van der Waals surface area contributed by atoms with Crippen molar-refractivity contribution in [2.45, 2.75) is 19.3 Å². The van der Waals surface area contributed by atoms with E-state index >= 15 is 0 Å². The summed E-state index contributed by atoms with van der Waals surface area (Å²) < 4.78 is 1.55. The molecule has 0 saturated carbocycles. The van der Waals surface area contributed by atoms with Gasteiger partial charge in [0, 0.05) is 31.1 Å². The topological polar surface area (TPSA) is 107 Å². The lowest BCUT2D eigenvalue weighted by atomic mass is 9.86. The average Bonchev–Trinajstić information content (AvgIpc) is 3.09. The summed E-state index contributed by atoms with van der Waals surface area (Å²) in [6.07, 6.45) is 3.31. The Morgan fingerprint density at radius 1 is 1.00 bits per heavy atom. The molecule has 0 aliphatic heterocycles. The molecule has 0 fully saturated rings. The van der Waals surface area contributed by atoms with Gasteiger partial charge >= 0.3 is 5.69 Å². The molecule has 0 aliphatic rings. The second kappa shape index (κ2) is 7.58. The van der Waals surface area contributed by atoms with Crippen LogP contribution in [-0.2, 0) is 12.5 Å². The number of H-pyrrole nitrogens is 2. The van der Waals surface area contributed by atoms with E-state index in [0.717, 1.165) is 22.3 Å². The van der Waals surface area contributed by atoms with Crippen LogP contribution in [-0.4, -0.2) is 19.5 Å². The minimum absolute atomic E-state index is 0.171. The van der Waals surface area contributed by atoms with Crippen molar-refractivity contribution in [3.63, 3.8) is 0 Å². The highest BCUT2D eigenvalue weighted by Gasteiger charge is 2.21. The summed E-state index contributed by atoms with van der Waals surface area (Å²) in [5.74, 6) is 0. The zero-order chi connectivity index (χ0) is 22.2. The number of imidazole rings is 1. The second-order valence-electron chi connectivity index (χ2n) is 7.90. The number of aromatic nitrogens is 4. The predicted molar refractivity (Wildman–Crippen MR) is 119 cm³/mol.